The minimum atomic E-state index is -0.159. The number of unbranched alkanes of at least 4 members (excludes halogenated alkanes) is 5. The van der Waals surface area contributed by atoms with Crippen molar-refractivity contribution in [3.05, 3.63) is 29.8 Å². The van der Waals surface area contributed by atoms with Gasteiger partial charge in [-0.1, -0.05) is 39.0 Å². The second kappa shape index (κ2) is 11.1. The minimum absolute atomic E-state index is 0.0921. The van der Waals surface area contributed by atoms with Crippen LogP contribution in [0.4, 0.5) is 0 Å². The molecule has 166 valence electrons. The number of hydrogen-bond donors (Lipinski definition) is 0. The number of piperidine rings is 1. The SMILES string of the molecule is CCCCCCCCC(=O)N1CCC2(CC1)SCCN2C(=O)c1ccc(OC)cc1. The molecule has 1 spiro atoms. The Kier molecular flexibility index (Phi) is 8.49. The van der Waals surface area contributed by atoms with Crippen LogP contribution in [0.15, 0.2) is 24.3 Å². The molecule has 0 saturated carbocycles. The number of nitrogens with zero attached hydrogens (tertiary/aromatic N) is 2. The molecule has 2 saturated heterocycles. The fraction of sp³-hybridized carbons (Fsp3) is 0.667. The highest BCUT2D eigenvalue weighted by atomic mass is 32.2. The van der Waals surface area contributed by atoms with E-state index in [2.05, 4.69) is 11.8 Å². The lowest BCUT2D eigenvalue weighted by Crippen LogP contribution is -2.53. The van der Waals surface area contributed by atoms with Gasteiger partial charge in [-0.25, -0.2) is 0 Å². The number of hydrogen-bond acceptors (Lipinski definition) is 4. The van der Waals surface area contributed by atoms with Gasteiger partial charge in [0.05, 0.1) is 12.0 Å². The monoisotopic (exact) mass is 432 g/mol. The highest BCUT2D eigenvalue weighted by Crippen LogP contribution is 2.44. The maximum atomic E-state index is 13.2. The summed E-state index contributed by atoms with van der Waals surface area (Å²) in [6.45, 7) is 4.52. The lowest BCUT2D eigenvalue weighted by atomic mass is 10.00. The molecule has 2 amide bonds. The molecule has 0 bridgehead atoms. The van der Waals surface area contributed by atoms with Crippen molar-refractivity contribution in [2.24, 2.45) is 0 Å². The summed E-state index contributed by atoms with van der Waals surface area (Å²) < 4.78 is 5.20. The molecule has 6 heteroatoms. The van der Waals surface area contributed by atoms with E-state index in [4.69, 9.17) is 4.74 Å². The predicted molar refractivity (Wildman–Crippen MR) is 123 cm³/mol. The molecule has 0 N–H and O–H groups in total. The first-order valence-electron chi connectivity index (χ1n) is 11.5. The van der Waals surface area contributed by atoms with Crippen molar-refractivity contribution in [1.82, 2.24) is 9.80 Å². The number of carbonyl (C=O) groups is 2. The number of thioether (sulfide) groups is 1. The molecular formula is C24H36N2O3S. The number of likely N-dealkylation sites (tertiary alicyclic amines) is 1. The van der Waals surface area contributed by atoms with Crippen LogP contribution in [0.1, 0.15) is 75.1 Å². The Hall–Kier alpha value is -1.69. The van der Waals surface area contributed by atoms with Crippen LogP contribution in [0.5, 0.6) is 5.75 Å². The fourth-order valence-electron chi connectivity index (χ4n) is 4.52. The maximum absolute atomic E-state index is 13.2. The third-order valence-corrected chi connectivity index (χ3v) is 7.95. The van der Waals surface area contributed by atoms with Crippen LogP contribution in [0.2, 0.25) is 0 Å². The van der Waals surface area contributed by atoms with E-state index in [1.165, 1.54) is 25.7 Å². The van der Waals surface area contributed by atoms with E-state index in [0.29, 0.717) is 12.0 Å². The van der Waals surface area contributed by atoms with Crippen LogP contribution < -0.4 is 4.74 Å². The summed E-state index contributed by atoms with van der Waals surface area (Å²) in [7, 11) is 1.63. The molecule has 2 fully saturated rings. The van der Waals surface area contributed by atoms with Crippen molar-refractivity contribution in [3.63, 3.8) is 0 Å². The van der Waals surface area contributed by atoms with Crippen LogP contribution in [-0.4, -0.2) is 59.0 Å². The lowest BCUT2D eigenvalue weighted by Gasteiger charge is -2.44. The second-order valence-corrected chi connectivity index (χ2v) is 9.84. The van der Waals surface area contributed by atoms with Crippen molar-refractivity contribution >= 4 is 23.6 Å². The third-order valence-electron chi connectivity index (χ3n) is 6.40. The first-order valence-corrected chi connectivity index (χ1v) is 12.5. The summed E-state index contributed by atoms with van der Waals surface area (Å²) in [6, 6.07) is 7.37. The second-order valence-electron chi connectivity index (χ2n) is 8.38. The highest BCUT2D eigenvalue weighted by Gasteiger charge is 2.46. The quantitative estimate of drug-likeness (QED) is 0.518. The first kappa shape index (κ1) is 23.0. The fourth-order valence-corrected chi connectivity index (χ4v) is 5.97. The van der Waals surface area contributed by atoms with Gasteiger partial charge < -0.3 is 14.5 Å². The standard InChI is InChI=1S/C24H36N2O3S/c1-3-4-5-6-7-8-9-22(27)25-16-14-24(15-17-25)26(18-19-30-24)23(28)20-10-12-21(29-2)13-11-20/h10-13H,3-9,14-19H2,1-2H3. The number of ether oxygens (including phenoxy) is 1. The topological polar surface area (TPSA) is 49.9 Å². The Balaban J connectivity index is 1.50. The third kappa shape index (κ3) is 5.51. The van der Waals surface area contributed by atoms with E-state index in [1.54, 1.807) is 7.11 Å². The average Bonchev–Trinajstić information content (AvgIpc) is 3.18. The molecule has 30 heavy (non-hydrogen) atoms. The van der Waals surface area contributed by atoms with E-state index in [9.17, 15) is 9.59 Å². The number of benzene rings is 1. The normalized spacial score (nSPS) is 18.1. The summed E-state index contributed by atoms with van der Waals surface area (Å²) in [4.78, 5) is 29.7. The van der Waals surface area contributed by atoms with Crippen LogP contribution in [0.25, 0.3) is 0 Å². The van der Waals surface area contributed by atoms with Crippen LogP contribution in [-0.2, 0) is 4.79 Å². The molecule has 5 nitrogen and oxygen atoms in total. The molecule has 2 aliphatic rings. The number of amides is 2. The molecule has 0 radical (unpaired) electrons. The molecule has 1 aromatic carbocycles. The van der Waals surface area contributed by atoms with Gasteiger partial charge in [-0.3, -0.25) is 9.59 Å². The van der Waals surface area contributed by atoms with Gasteiger partial charge in [0.2, 0.25) is 5.91 Å². The van der Waals surface area contributed by atoms with Crippen LogP contribution in [0, 0.1) is 0 Å². The Morgan fingerprint density at radius 1 is 1.00 bits per heavy atom. The Morgan fingerprint density at radius 3 is 2.33 bits per heavy atom. The zero-order chi connectivity index (χ0) is 21.4. The summed E-state index contributed by atoms with van der Waals surface area (Å²) >= 11 is 1.89. The van der Waals surface area contributed by atoms with Gasteiger partial charge in [-0.05, 0) is 43.5 Å². The van der Waals surface area contributed by atoms with Crippen molar-refractivity contribution < 1.29 is 14.3 Å². The van der Waals surface area contributed by atoms with Gasteiger partial charge in [0, 0.05) is 37.4 Å². The summed E-state index contributed by atoms with van der Waals surface area (Å²) in [6.07, 6.45) is 9.63. The predicted octanol–water partition coefficient (Wildman–Crippen LogP) is 4.95. The van der Waals surface area contributed by atoms with Gasteiger partial charge in [0.1, 0.15) is 5.75 Å². The summed E-state index contributed by atoms with van der Waals surface area (Å²) in [5.41, 5.74) is 0.708. The van der Waals surface area contributed by atoms with Crippen molar-refractivity contribution in [1.29, 1.82) is 0 Å². The van der Waals surface area contributed by atoms with E-state index < -0.39 is 0 Å². The van der Waals surface area contributed by atoms with Gasteiger partial charge in [-0.15, -0.1) is 11.8 Å². The molecule has 3 rings (SSSR count). The van der Waals surface area contributed by atoms with Crippen LogP contribution in [0.3, 0.4) is 0 Å². The van der Waals surface area contributed by atoms with Crippen molar-refractivity contribution in [2.75, 3.05) is 32.5 Å². The van der Waals surface area contributed by atoms with E-state index in [1.807, 2.05) is 40.9 Å². The zero-order valence-corrected chi connectivity index (χ0v) is 19.3. The largest absolute Gasteiger partial charge is 0.497 e. The van der Waals surface area contributed by atoms with E-state index >= 15 is 0 Å². The van der Waals surface area contributed by atoms with Gasteiger partial charge in [0.25, 0.3) is 5.91 Å². The number of rotatable bonds is 9. The van der Waals surface area contributed by atoms with Crippen molar-refractivity contribution in [3.8, 4) is 5.75 Å². The number of methoxy groups -OCH3 is 1. The highest BCUT2D eigenvalue weighted by molar-refractivity contribution is 8.00. The molecule has 0 aromatic heterocycles. The zero-order valence-electron chi connectivity index (χ0n) is 18.5. The number of carbonyl (C=O) groups excluding carboxylic acids is 2. The smallest absolute Gasteiger partial charge is 0.255 e. The van der Waals surface area contributed by atoms with Gasteiger partial charge >= 0.3 is 0 Å². The van der Waals surface area contributed by atoms with Gasteiger partial charge in [0.15, 0.2) is 0 Å². The van der Waals surface area contributed by atoms with E-state index in [0.717, 1.165) is 56.8 Å². The molecule has 2 heterocycles. The Labute approximate surface area is 185 Å². The van der Waals surface area contributed by atoms with Crippen molar-refractivity contribution in [2.45, 2.75) is 69.6 Å². The molecule has 0 unspecified atom stereocenters. The van der Waals surface area contributed by atoms with Gasteiger partial charge in [-0.2, -0.15) is 0 Å². The molecule has 0 atom stereocenters. The van der Waals surface area contributed by atoms with E-state index in [-0.39, 0.29) is 16.7 Å². The van der Waals surface area contributed by atoms with Crippen LogP contribution >= 0.6 is 11.8 Å². The molecule has 0 aliphatic carbocycles. The average molecular weight is 433 g/mol. The first-order chi connectivity index (χ1) is 14.6. The summed E-state index contributed by atoms with van der Waals surface area (Å²) in [5, 5.41) is 0. The lowest BCUT2D eigenvalue weighted by molar-refractivity contribution is -0.132. The minimum Gasteiger partial charge on any atom is -0.497 e. The Morgan fingerprint density at radius 2 is 1.67 bits per heavy atom. The molecule has 1 aromatic rings. The summed E-state index contributed by atoms with van der Waals surface area (Å²) in [5.74, 6) is 2.10. The molecular weight excluding hydrogens is 396 g/mol. The molecule has 2 aliphatic heterocycles. The maximum Gasteiger partial charge on any atom is 0.255 e. The Bertz CT molecular complexity index is 699.